The number of rotatable bonds is 11. The van der Waals surface area contributed by atoms with Gasteiger partial charge in [0.1, 0.15) is 24.5 Å². The average Bonchev–Trinajstić information content (AvgIpc) is 3.49. The lowest BCUT2D eigenvalue weighted by atomic mass is 10.1. The fourth-order valence-electron chi connectivity index (χ4n) is 4.52. The monoisotopic (exact) mass is 625 g/mol. The van der Waals surface area contributed by atoms with Crippen molar-refractivity contribution in [2.45, 2.75) is 58.3 Å². The van der Waals surface area contributed by atoms with E-state index in [1.807, 2.05) is 30.3 Å². The van der Waals surface area contributed by atoms with Gasteiger partial charge in [0.2, 0.25) is 5.91 Å². The summed E-state index contributed by atoms with van der Waals surface area (Å²) in [5.74, 6) is -0.492. The van der Waals surface area contributed by atoms with E-state index in [-0.39, 0.29) is 32.1 Å². The molecule has 2 aliphatic heterocycles. The largest absolute Gasteiger partial charge is 0.530 e. The summed E-state index contributed by atoms with van der Waals surface area (Å²) in [6.45, 7) is 3.07. The number of aromatic amines is 1. The fourth-order valence-corrected chi connectivity index (χ4v) is 5.74. The molecular weight excluding hydrogens is 593 g/mol. The summed E-state index contributed by atoms with van der Waals surface area (Å²) in [5, 5.41) is 2.65. The minimum atomic E-state index is -3.95. The first-order chi connectivity index (χ1) is 21.1. The molecule has 2 aliphatic rings. The van der Waals surface area contributed by atoms with Gasteiger partial charge in [0, 0.05) is 23.7 Å². The van der Waals surface area contributed by atoms with E-state index in [4.69, 9.17) is 23.0 Å². The van der Waals surface area contributed by atoms with E-state index in [0.717, 1.165) is 11.1 Å². The molecule has 13 nitrogen and oxygen atoms in total. The zero-order valence-corrected chi connectivity index (χ0v) is 25.0. The highest BCUT2D eigenvalue weighted by Gasteiger charge is 2.36. The Morgan fingerprint density at radius 1 is 1.14 bits per heavy atom. The molecule has 2 N–H and O–H groups in total. The topological polar surface area (TPSA) is 164 Å². The van der Waals surface area contributed by atoms with Gasteiger partial charge >= 0.3 is 19.5 Å². The first-order valence-corrected chi connectivity index (χ1v) is 15.4. The number of phosphoric ester groups is 1. The molecule has 4 atom stereocenters. The number of carbonyl (C=O) groups excluding carboxylic acids is 2. The van der Waals surface area contributed by atoms with Crippen LogP contribution in [0, 0.1) is 6.92 Å². The van der Waals surface area contributed by atoms with Crippen molar-refractivity contribution in [2.24, 2.45) is 0 Å². The van der Waals surface area contributed by atoms with Gasteiger partial charge < -0.3 is 19.3 Å². The Bertz CT molecular complexity index is 1720. The number of aromatic nitrogens is 2. The maximum atomic E-state index is 13.1. The lowest BCUT2D eigenvalue weighted by Crippen LogP contribution is -2.39. The molecule has 0 saturated carbocycles. The average molecular weight is 626 g/mol. The summed E-state index contributed by atoms with van der Waals surface area (Å²) >= 11 is 0. The van der Waals surface area contributed by atoms with Gasteiger partial charge in [0.15, 0.2) is 6.23 Å². The number of fused-ring (bicyclic) bond motifs is 1. The number of phosphoric acid groups is 1. The van der Waals surface area contributed by atoms with E-state index in [1.165, 1.54) is 10.8 Å². The minimum Gasteiger partial charge on any atom is -0.459 e. The Morgan fingerprint density at radius 3 is 2.73 bits per heavy atom. The number of benzene rings is 2. The third-order valence-electron chi connectivity index (χ3n) is 6.93. The van der Waals surface area contributed by atoms with Crippen molar-refractivity contribution in [1.82, 2.24) is 14.9 Å². The van der Waals surface area contributed by atoms with E-state index in [9.17, 15) is 23.7 Å². The van der Waals surface area contributed by atoms with Crippen molar-refractivity contribution in [3.05, 3.63) is 110 Å². The highest BCUT2D eigenvalue weighted by molar-refractivity contribution is 7.49. The van der Waals surface area contributed by atoms with E-state index >= 15 is 0 Å². The normalized spacial score (nSPS) is 21.2. The van der Waals surface area contributed by atoms with Crippen LogP contribution in [0.3, 0.4) is 0 Å². The van der Waals surface area contributed by atoms with E-state index < -0.39 is 43.4 Å². The second-order valence-corrected chi connectivity index (χ2v) is 12.0. The van der Waals surface area contributed by atoms with Crippen LogP contribution in [0.15, 0.2) is 76.5 Å². The molecule has 0 spiro atoms. The smallest absolute Gasteiger partial charge is 0.459 e. The zero-order valence-electron chi connectivity index (χ0n) is 24.1. The standard InChI is InChI=1S/C30H32N3O10P/c1-19-15-33(30(37)32-28(19)35)27-13-10-24(42-27)18-41-44(38)40-17-23-14-21(8-11-25(23)43-44)9-12-26(34)31-20(2)29(36)39-16-22-6-4-3-5-7-22/h3-8,10-11,13-15,20,24,27H,9,12,16-18H2,1-2H3,(H,31,34)(H,32,35,37)/t20-,24+,27-,44?/m1/s1. The van der Waals surface area contributed by atoms with Crippen LogP contribution in [0.4, 0.5) is 0 Å². The Hall–Kier alpha value is -4.29. The number of nitrogens with zero attached hydrogens (tertiary/aromatic N) is 1. The predicted octanol–water partition coefficient (Wildman–Crippen LogP) is 3.21. The Labute approximate surface area is 252 Å². The van der Waals surface area contributed by atoms with Crippen molar-refractivity contribution >= 4 is 19.7 Å². The third-order valence-corrected chi connectivity index (χ3v) is 8.26. The van der Waals surface area contributed by atoms with Gasteiger partial charge in [-0.25, -0.2) is 14.2 Å². The lowest BCUT2D eigenvalue weighted by Gasteiger charge is -2.26. The van der Waals surface area contributed by atoms with Crippen LogP contribution >= 0.6 is 7.82 Å². The lowest BCUT2D eigenvalue weighted by molar-refractivity contribution is -0.148. The number of hydrogen-bond donors (Lipinski definition) is 2. The first-order valence-electron chi connectivity index (χ1n) is 13.9. The van der Waals surface area contributed by atoms with E-state index in [0.29, 0.717) is 23.3 Å². The molecule has 0 fully saturated rings. The van der Waals surface area contributed by atoms with Crippen LogP contribution in [0.1, 0.15) is 41.8 Å². The number of esters is 1. The van der Waals surface area contributed by atoms with Gasteiger partial charge in [0.05, 0.1) is 13.2 Å². The maximum absolute atomic E-state index is 13.1. The maximum Gasteiger partial charge on any atom is 0.530 e. The number of H-pyrrole nitrogens is 1. The molecule has 44 heavy (non-hydrogen) atoms. The fraction of sp³-hybridized carbons (Fsp3) is 0.333. The summed E-state index contributed by atoms with van der Waals surface area (Å²) in [5.41, 5.74) is 1.58. The molecular formula is C30H32N3O10P. The van der Waals surface area contributed by atoms with Crippen molar-refractivity contribution in [3.8, 4) is 5.75 Å². The van der Waals surface area contributed by atoms with Gasteiger partial charge in [-0.1, -0.05) is 42.5 Å². The van der Waals surface area contributed by atoms with Crippen LogP contribution in [0.5, 0.6) is 5.75 Å². The van der Waals surface area contributed by atoms with Crippen molar-refractivity contribution in [3.63, 3.8) is 0 Å². The van der Waals surface area contributed by atoms with Crippen LogP contribution in [-0.4, -0.2) is 40.2 Å². The summed E-state index contributed by atoms with van der Waals surface area (Å²) in [7, 11) is -3.95. The summed E-state index contributed by atoms with van der Waals surface area (Å²) in [4.78, 5) is 50.6. The second-order valence-electron chi connectivity index (χ2n) is 10.4. The molecule has 0 radical (unpaired) electrons. The molecule has 1 unspecified atom stereocenters. The summed E-state index contributed by atoms with van der Waals surface area (Å²) in [6.07, 6.45) is 3.80. The number of carbonyl (C=O) groups is 2. The Kier molecular flexibility index (Phi) is 9.60. The second kappa shape index (κ2) is 13.6. The summed E-state index contributed by atoms with van der Waals surface area (Å²) in [6, 6.07) is 13.6. The molecule has 3 heterocycles. The van der Waals surface area contributed by atoms with E-state index in [1.54, 1.807) is 44.2 Å². The molecule has 0 aliphatic carbocycles. The van der Waals surface area contributed by atoms with Gasteiger partial charge in [-0.05, 0) is 49.6 Å². The molecule has 5 rings (SSSR count). The molecule has 0 saturated heterocycles. The summed E-state index contributed by atoms with van der Waals surface area (Å²) < 4.78 is 41.8. The number of ether oxygens (including phenoxy) is 2. The van der Waals surface area contributed by atoms with Gasteiger partial charge in [0.25, 0.3) is 5.56 Å². The Morgan fingerprint density at radius 2 is 1.93 bits per heavy atom. The third kappa shape index (κ3) is 7.80. The van der Waals surface area contributed by atoms with Crippen LogP contribution in [0.25, 0.3) is 0 Å². The Balaban J connectivity index is 1.06. The van der Waals surface area contributed by atoms with Crippen molar-refractivity contribution < 1.29 is 37.2 Å². The zero-order chi connectivity index (χ0) is 31.3. The SMILES string of the molecule is Cc1cn([C@H]2C=C[C@@H](COP3(=O)OCc4cc(CCC(=O)N[C@H](C)C(=O)OCc5ccccc5)ccc4O3)O2)c(=O)[nH]c1=O. The predicted molar refractivity (Wildman–Crippen MR) is 157 cm³/mol. The molecule has 1 amide bonds. The van der Waals surface area contributed by atoms with E-state index in [2.05, 4.69) is 10.3 Å². The van der Waals surface area contributed by atoms with Crippen LogP contribution in [0.2, 0.25) is 0 Å². The number of nitrogens with one attached hydrogen (secondary N) is 2. The number of hydrogen-bond acceptors (Lipinski definition) is 10. The van der Waals surface area contributed by atoms with Crippen molar-refractivity contribution in [1.29, 1.82) is 0 Å². The molecule has 14 heteroatoms. The van der Waals surface area contributed by atoms with Crippen LogP contribution in [-0.2, 0) is 52.3 Å². The molecule has 1 aromatic heterocycles. The number of amides is 1. The van der Waals surface area contributed by atoms with Gasteiger partial charge in [-0.2, -0.15) is 0 Å². The molecule has 232 valence electrons. The van der Waals surface area contributed by atoms with Crippen molar-refractivity contribution in [2.75, 3.05) is 6.61 Å². The highest BCUT2D eigenvalue weighted by atomic mass is 31.2. The molecule has 3 aromatic rings. The molecule has 2 aromatic carbocycles. The quantitative estimate of drug-likeness (QED) is 0.184. The van der Waals surface area contributed by atoms with Gasteiger partial charge in [-0.3, -0.25) is 28.2 Å². The molecule has 0 bridgehead atoms. The van der Waals surface area contributed by atoms with Crippen LogP contribution < -0.4 is 21.1 Å². The number of aryl methyl sites for hydroxylation is 2. The van der Waals surface area contributed by atoms with Gasteiger partial charge in [-0.15, -0.1) is 0 Å². The first kappa shape index (κ1) is 31.1. The highest BCUT2D eigenvalue weighted by Crippen LogP contribution is 2.54. The minimum absolute atomic E-state index is 0.0347.